The zero-order chi connectivity index (χ0) is 8.72. The standard InChI is InChI=1S/C9H15NO2/c1-6-4-10(5-6)8(9(11)12)7-2-3-7/h6-8H,2-5H2,1H3,(H,11,12). The van der Waals surface area contributed by atoms with E-state index in [1.807, 2.05) is 0 Å². The average molecular weight is 169 g/mol. The Morgan fingerprint density at radius 3 is 2.42 bits per heavy atom. The summed E-state index contributed by atoms with van der Waals surface area (Å²) in [5.41, 5.74) is 0. The highest BCUT2D eigenvalue weighted by molar-refractivity contribution is 5.74. The summed E-state index contributed by atoms with van der Waals surface area (Å²) in [5.74, 6) is 0.532. The van der Waals surface area contributed by atoms with Crippen LogP contribution < -0.4 is 0 Å². The van der Waals surface area contributed by atoms with Gasteiger partial charge in [0, 0.05) is 13.1 Å². The lowest BCUT2D eigenvalue weighted by molar-refractivity contribution is -0.147. The van der Waals surface area contributed by atoms with Gasteiger partial charge in [0.15, 0.2) is 0 Å². The molecule has 1 N–H and O–H groups in total. The van der Waals surface area contributed by atoms with Gasteiger partial charge in [-0.3, -0.25) is 9.69 Å². The topological polar surface area (TPSA) is 40.5 Å². The van der Waals surface area contributed by atoms with Crippen molar-refractivity contribution in [2.45, 2.75) is 25.8 Å². The molecule has 2 aliphatic rings. The minimum Gasteiger partial charge on any atom is -0.480 e. The molecule has 68 valence electrons. The monoisotopic (exact) mass is 169 g/mol. The van der Waals surface area contributed by atoms with Crippen LogP contribution >= 0.6 is 0 Å². The van der Waals surface area contributed by atoms with E-state index in [1.54, 1.807) is 0 Å². The van der Waals surface area contributed by atoms with Crippen LogP contribution in [0.15, 0.2) is 0 Å². The van der Waals surface area contributed by atoms with Crippen LogP contribution in [0.3, 0.4) is 0 Å². The third kappa shape index (κ3) is 1.33. The molecular weight excluding hydrogens is 154 g/mol. The number of carbonyl (C=O) groups is 1. The number of hydrogen-bond donors (Lipinski definition) is 1. The lowest BCUT2D eigenvalue weighted by Crippen LogP contribution is -2.54. The van der Waals surface area contributed by atoms with Gasteiger partial charge in [-0.1, -0.05) is 6.92 Å². The minimum atomic E-state index is -0.621. The molecule has 0 aromatic rings. The van der Waals surface area contributed by atoms with Gasteiger partial charge in [0.25, 0.3) is 0 Å². The molecule has 3 heteroatoms. The maximum atomic E-state index is 10.9. The normalized spacial score (nSPS) is 28.1. The summed E-state index contributed by atoms with van der Waals surface area (Å²) >= 11 is 0. The molecule has 0 aromatic heterocycles. The van der Waals surface area contributed by atoms with E-state index < -0.39 is 5.97 Å². The fourth-order valence-corrected chi connectivity index (χ4v) is 2.04. The van der Waals surface area contributed by atoms with Gasteiger partial charge in [0.2, 0.25) is 0 Å². The summed E-state index contributed by atoms with van der Waals surface area (Å²) in [4.78, 5) is 13.0. The Balaban J connectivity index is 1.93. The van der Waals surface area contributed by atoms with Crippen molar-refractivity contribution < 1.29 is 9.90 Å². The number of likely N-dealkylation sites (tertiary alicyclic amines) is 1. The SMILES string of the molecule is CC1CN(C(C(=O)O)C2CC2)C1. The molecule has 1 saturated carbocycles. The number of carboxylic acid groups (broad SMARTS) is 1. The highest BCUT2D eigenvalue weighted by Gasteiger charge is 2.43. The van der Waals surface area contributed by atoms with E-state index in [0.29, 0.717) is 11.8 Å². The number of rotatable bonds is 3. The van der Waals surface area contributed by atoms with Crippen molar-refractivity contribution in [3.8, 4) is 0 Å². The van der Waals surface area contributed by atoms with Gasteiger partial charge in [0.1, 0.15) is 6.04 Å². The van der Waals surface area contributed by atoms with Crippen molar-refractivity contribution in [2.75, 3.05) is 13.1 Å². The van der Waals surface area contributed by atoms with E-state index in [2.05, 4.69) is 11.8 Å². The first-order valence-electron chi connectivity index (χ1n) is 4.65. The molecule has 2 fully saturated rings. The molecule has 1 aliphatic carbocycles. The first-order valence-corrected chi connectivity index (χ1v) is 4.65. The highest BCUT2D eigenvalue weighted by atomic mass is 16.4. The molecule has 0 radical (unpaired) electrons. The second-order valence-corrected chi connectivity index (χ2v) is 4.18. The molecule has 12 heavy (non-hydrogen) atoms. The zero-order valence-corrected chi connectivity index (χ0v) is 7.36. The Morgan fingerprint density at radius 1 is 1.50 bits per heavy atom. The van der Waals surface area contributed by atoms with E-state index >= 15 is 0 Å². The number of nitrogens with zero attached hydrogens (tertiary/aromatic N) is 1. The molecule has 0 bridgehead atoms. The van der Waals surface area contributed by atoms with E-state index in [1.165, 1.54) is 0 Å². The smallest absolute Gasteiger partial charge is 0.321 e. The van der Waals surface area contributed by atoms with Gasteiger partial charge >= 0.3 is 5.97 Å². The van der Waals surface area contributed by atoms with E-state index in [-0.39, 0.29) is 6.04 Å². The number of hydrogen-bond acceptors (Lipinski definition) is 2. The van der Waals surface area contributed by atoms with Crippen LogP contribution in [0.1, 0.15) is 19.8 Å². The predicted octanol–water partition coefficient (Wildman–Crippen LogP) is 0.801. The Labute approximate surface area is 72.4 Å². The summed E-state index contributed by atoms with van der Waals surface area (Å²) < 4.78 is 0. The summed E-state index contributed by atoms with van der Waals surface area (Å²) in [6, 6.07) is -0.166. The minimum absolute atomic E-state index is 0.166. The molecule has 1 unspecified atom stereocenters. The molecule has 2 rings (SSSR count). The second-order valence-electron chi connectivity index (χ2n) is 4.18. The van der Waals surface area contributed by atoms with Crippen molar-refractivity contribution >= 4 is 5.97 Å². The van der Waals surface area contributed by atoms with Crippen LogP contribution in [0.2, 0.25) is 0 Å². The third-order valence-electron chi connectivity index (χ3n) is 2.81. The molecule has 1 atom stereocenters. The first kappa shape index (κ1) is 8.05. The Kier molecular flexibility index (Phi) is 1.83. The van der Waals surface area contributed by atoms with E-state index in [9.17, 15) is 4.79 Å². The van der Waals surface area contributed by atoms with Gasteiger partial charge in [-0.15, -0.1) is 0 Å². The lowest BCUT2D eigenvalue weighted by Gasteiger charge is -2.41. The zero-order valence-electron chi connectivity index (χ0n) is 7.36. The maximum Gasteiger partial charge on any atom is 0.321 e. The van der Waals surface area contributed by atoms with Gasteiger partial charge < -0.3 is 5.11 Å². The molecule has 0 aromatic carbocycles. The van der Waals surface area contributed by atoms with Gasteiger partial charge in [-0.05, 0) is 24.7 Å². The van der Waals surface area contributed by atoms with E-state index in [4.69, 9.17) is 5.11 Å². The molecule has 1 heterocycles. The second kappa shape index (κ2) is 2.73. The average Bonchev–Trinajstić information content (AvgIpc) is 2.67. The van der Waals surface area contributed by atoms with Crippen molar-refractivity contribution in [2.24, 2.45) is 11.8 Å². The molecule has 0 amide bonds. The van der Waals surface area contributed by atoms with Crippen molar-refractivity contribution in [3.05, 3.63) is 0 Å². The molecule has 3 nitrogen and oxygen atoms in total. The van der Waals surface area contributed by atoms with Crippen molar-refractivity contribution in [1.29, 1.82) is 0 Å². The summed E-state index contributed by atoms with van der Waals surface area (Å²) in [5, 5.41) is 8.96. The molecule has 0 spiro atoms. The predicted molar refractivity (Wildman–Crippen MR) is 44.9 cm³/mol. The molecule has 1 aliphatic heterocycles. The van der Waals surface area contributed by atoms with Crippen LogP contribution in [-0.4, -0.2) is 35.1 Å². The Bertz CT molecular complexity index is 195. The van der Waals surface area contributed by atoms with Crippen molar-refractivity contribution in [3.63, 3.8) is 0 Å². The van der Waals surface area contributed by atoms with Gasteiger partial charge in [-0.2, -0.15) is 0 Å². The Morgan fingerprint density at radius 2 is 2.08 bits per heavy atom. The lowest BCUT2D eigenvalue weighted by atomic mass is 9.98. The summed E-state index contributed by atoms with van der Waals surface area (Å²) in [6.07, 6.45) is 2.23. The molecule has 1 saturated heterocycles. The van der Waals surface area contributed by atoms with Gasteiger partial charge in [0.05, 0.1) is 0 Å². The van der Waals surface area contributed by atoms with Gasteiger partial charge in [-0.25, -0.2) is 0 Å². The first-order chi connectivity index (χ1) is 5.68. The Hall–Kier alpha value is -0.570. The van der Waals surface area contributed by atoms with Crippen LogP contribution in [0.4, 0.5) is 0 Å². The largest absolute Gasteiger partial charge is 0.480 e. The fraction of sp³-hybridized carbons (Fsp3) is 0.889. The summed E-state index contributed by atoms with van der Waals surface area (Å²) in [7, 11) is 0. The highest BCUT2D eigenvalue weighted by Crippen LogP contribution is 2.37. The molecular formula is C9H15NO2. The number of carboxylic acids is 1. The number of aliphatic carboxylic acids is 1. The van der Waals surface area contributed by atoms with E-state index in [0.717, 1.165) is 25.9 Å². The fourth-order valence-electron chi connectivity index (χ4n) is 2.04. The van der Waals surface area contributed by atoms with Crippen molar-refractivity contribution in [1.82, 2.24) is 4.90 Å². The van der Waals surface area contributed by atoms with Crippen LogP contribution in [0.25, 0.3) is 0 Å². The third-order valence-corrected chi connectivity index (χ3v) is 2.81. The van der Waals surface area contributed by atoms with Crippen LogP contribution in [0.5, 0.6) is 0 Å². The summed E-state index contributed by atoms with van der Waals surface area (Å²) in [6.45, 7) is 4.13. The van der Waals surface area contributed by atoms with Crippen LogP contribution in [-0.2, 0) is 4.79 Å². The van der Waals surface area contributed by atoms with Crippen LogP contribution in [0, 0.1) is 11.8 Å². The quantitative estimate of drug-likeness (QED) is 0.679. The maximum absolute atomic E-state index is 10.9.